The third-order valence-electron chi connectivity index (χ3n) is 2.68. The van der Waals surface area contributed by atoms with Crippen LogP contribution in [0.25, 0.3) is 0 Å². The van der Waals surface area contributed by atoms with E-state index in [0.717, 1.165) is 18.9 Å². The number of methoxy groups -OCH3 is 1. The van der Waals surface area contributed by atoms with Crippen molar-refractivity contribution in [2.24, 2.45) is 0 Å². The quantitative estimate of drug-likeness (QED) is 0.761. The van der Waals surface area contributed by atoms with E-state index in [-0.39, 0.29) is 0 Å². The predicted molar refractivity (Wildman–Crippen MR) is 63.8 cm³/mol. The number of aromatic nitrogens is 2. The van der Waals surface area contributed by atoms with Crippen molar-refractivity contribution >= 4 is 17.4 Å². The Bertz CT molecular complexity index is 353. The van der Waals surface area contributed by atoms with Gasteiger partial charge in [-0.25, -0.2) is 9.97 Å². The largest absolute Gasteiger partial charge is 0.377 e. The van der Waals surface area contributed by atoms with E-state index in [1.54, 1.807) is 7.11 Å². The highest BCUT2D eigenvalue weighted by atomic mass is 35.5. The molecule has 0 unspecified atom stereocenters. The molecule has 1 saturated heterocycles. The van der Waals surface area contributed by atoms with E-state index in [1.165, 1.54) is 19.3 Å². The van der Waals surface area contributed by atoms with Crippen molar-refractivity contribution < 1.29 is 4.74 Å². The van der Waals surface area contributed by atoms with Crippen LogP contribution < -0.4 is 4.90 Å². The van der Waals surface area contributed by atoms with Crippen LogP contribution in [0.15, 0.2) is 6.07 Å². The van der Waals surface area contributed by atoms with Gasteiger partial charge in [0.2, 0.25) is 0 Å². The first-order valence-electron chi connectivity index (χ1n) is 5.57. The Kier molecular flexibility index (Phi) is 3.96. The first kappa shape index (κ1) is 11.6. The molecule has 4 nitrogen and oxygen atoms in total. The molecule has 0 aliphatic carbocycles. The van der Waals surface area contributed by atoms with Gasteiger partial charge in [-0.1, -0.05) is 11.6 Å². The van der Waals surface area contributed by atoms with Gasteiger partial charge in [0.15, 0.2) is 5.82 Å². The summed E-state index contributed by atoms with van der Waals surface area (Å²) in [5.74, 6) is 1.57. The molecule has 0 atom stereocenters. The smallest absolute Gasteiger partial charge is 0.158 e. The zero-order valence-electron chi connectivity index (χ0n) is 9.45. The fourth-order valence-corrected chi connectivity index (χ4v) is 2.13. The summed E-state index contributed by atoms with van der Waals surface area (Å²) in [6, 6.07) is 1.83. The number of anilines is 1. The fraction of sp³-hybridized carbons (Fsp3) is 0.636. The highest BCUT2D eigenvalue weighted by Crippen LogP contribution is 2.20. The Labute approximate surface area is 101 Å². The average molecular weight is 242 g/mol. The summed E-state index contributed by atoms with van der Waals surface area (Å²) in [5, 5.41) is 0.489. The molecule has 0 saturated carbocycles. The summed E-state index contributed by atoms with van der Waals surface area (Å²) in [6.07, 6.45) is 3.75. The third-order valence-corrected chi connectivity index (χ3v) is 2.87. The lowest BCUT2D eigenvalue weighted by Crippen LogP contribution is -2.30. The Balaban J connectivity index is 2.18. The van der Waals surface area contributed by atoms with E-state index in [2.05, 4.69) is 14.9 Å². The summed E-state index contributed by atoms with van der Waals surface area (Å²) in [7, 11) is 1.63. The molecule has 1 aliphatic heterocycles. The van der Waals surface area contributed by atoms with Gasteiger partial charge in [0.05, 0.1) is 0 Å². The second-order valence-corrected chi connectivity index (χ2v) is 4.33. The number of hydrogen-bond acceptors (Lipinski definition) is 4. The van der Waals surface area contributed by atoms with Crippen molar-refractivity contribution in [3.05, 3.63) is 17.0 Å². The Morgan fingerprint density at radius 3 is 2.75 bits per heavy atom. The highest BCUT2D eigenvalue weighted by molar-refractivity contribution is 6.29. The molecule has 0 N–H and O–H groups in total. The van der Waals surface area contributed by atoms with Gasteiger partial charge in [0.1, 0.15) is 17.6 Å². The molecule has 0 bridgehead atoms. The van der Waals surface area contributed by atoms with Crippen LogP contribution in [-0.4, -0.2) is 30.2 Å². The average Bonchev–Trinajstić information content (AvgIpc) is 2.30. The molecule has 0 amide bonds. The normalized spacial score (nSPS) is 16.5. The van der Waals surface area contributed by atoms with Crippen LogP contribution in [0.2, 0.25) is 5.15 Å². The topological polar surface area (TPSA) is 38.2 Å². The minimum atomic E-state index is 0.404. The van der Waals surface area contributed by atoms with Crippen LogP contribution >= 0.6 is 11.6 Å². The minimum absolute atomic E-state index is 0.404. The summed E-state index contributed by atoms with van der Waals surface area (Å²) < 4.78 is 5.02. The van der Waals surface area contributed by atoms with Gasteiger partial charge in [0, 0.05) is 26.3 Å². The lowest BCUT2D eigenvalue weighted by Gasteiger charge is -2.27. The lowest BCUT2D eigenvalue weighted by molar-refractivity contribution is 0.178. The Morgan fingerprint density at radius 1 is 1.31 bits per heavy atom. The number of nitrogens with zero attached hydrogens (tertiary/aromatic N) is 3. The van der Waals surface area contributed by atoms with Crippen LogP contribution in [0.5, 0.6) is 0 Å². The monoisotopic (exact) mass is 241 g/mol. The van der Waals surface area contributed by atoms with E-state index in [0.29, 0.717) is 17.6 Å². The standard InChI is InChI=1S/C11H16ClN3O/c1-16-8-10-13-9(12)7-11(14-10)15-5-3-2-4-6-15/h7H,2-6,8H2,1H3. The first-order valence-corrected chi connectivity index (χ1v) is 5.95. The van der Waals surface area contributed by atoms with E-state index < -0.39 is 0 Å². The molecule has 5 heteroatoms. The molecule has 88 valence electrons. The number of rotatable bonds is 3. The van der Waals surface area contributed by atoms with Gasteiger partial charge in [0.25, 0.3) is 0 Å². The van der Waals surface area contributed by atoms with Crippen LogP contribution in [-0.2, 0) is 11.3 Å². The SMILES string of the molecule is COCc1nc(Cl)cc(N2CCCCC2)n1. The van der Waals surface area contributed by atoms with Gasteiger partial charge >= 0.3 is 0 Å². The van der Waals surface area contributed by atoms with Gasteiger partial charge in [-0.2, -0.15) is 0 Å². The molecular weight excluding hydrogens is 226 g/mol. The summed E-state index contributed by atoms with van der Waals surface area (Å²) >= 11 is 5.97. The predicted octanol–water partition coefficient (Wildman–Crippen LogP) is 2.27. The molecule has 16 heavy (non-hydrogen) atoms. The third kappa shape index (κ3) is 2.83. The minimum Gasteiger partial charge on any atom is -0.377 e. The van der Waals surface area contributed by atoms with Crippen molar-refractivity contribution in [1.29, 1.82) is 0 Å². The van der Waals surface area contributed by atoms with E-state index >= 15 is 0 Å². The molecule has 1 aromatic rings. The second-order valence-electron chi connectivity index (χ2n) is 3.95. The fourth-order valence-electron chi connectivity index (χ4n) is 1.93. The van der Waals surface area contributed by atoms with Crippen molar-refractivity contribution in [2.75, 3.05) is 25.1 Å². The van der Waals surface area contributed by atoms with Crippen LogP contribution in [0, 0.1) is 0 Å². The van der Waals surface area contributed by atoms with Crippen LogP contribution in [0.1, 0.15) is 25.1 Å². The lowest BCUT2D eigenvalue weighted by atomic mass is 10.1. The second kappa shape index (κ2) is 5.46. The molecular formula is C11H16ClN3O. The van der Waals surface area contributed by atoms with Gasteiger partial charge in [-0.3, -0.25) is 0 Å². The molecule has 0 spiro atoms. The maximum Gasteiger partial charge on any atom is 0.158 e. The molecule has 1 aromatic heterocycles. The Morgan fingerprint density at radius 2 is 2.06 bits per heavy atom. The van der Waals surface area contributed by atoms with Crippen LogP contribution in [0.3, 0.4) is 0 Å². The first-order chi connectivity index (χ1) is 7.79. The van der Waals surface area contributed by atoms with Crippen LogP contribution in [0.4, 0.5) is 5.82 Å². The van der Waals surface area contributed by atoms with Crippen molar-refractivity contribution in [3.63, 3.8) is 0 Å². The Hall–Kier alpha value is -0.870. The molecule has 2 heterocycles. The highest BCUT2D eigenvalue weighted by Gasteiger charge is 2.13. The summed E-state index contributed by atoms with van der Waals surface area (Å²) in [4.78, 5) is 10.8. The number of halogens is 1. The molecule has 0 aromatic carbocycles. The van der Waals surface area contributed by atoms with Crippen molar-refractivity contribution in [3.8, 4) is 0 Å². The van der Waals surface area contributed by atoms with Gasteiger partial charge < -0.3 is 9.64 Å². The van der Waals surface area contributed by atoms with Gasteiger partial charge in [-0.05, 0) is 19.3 Å². The van der Waals surface area contributed by atoms with Gasteiger partial charge in [-0.15, -0.1) is 0 Å². The maximum atomic E-state index is 5.97. The van der Waals surface area contributed by atoms with Crippen molar-refractivity contribution in [2.45, 2.75) is 25.9 Å². The molecule has 0 radical (unpaired) electrons. The molecule has 1 fully saturated rings. The number of hydrogen-bond donors (Lipinski definition) is 0. The summed E-state index contributed by atoms with van der Waals surface area (Å²) in [5.41, 5.74) is 0. The number of ether oxygens (including phenoxy) is 1. The van der Waals surface area contributed by atoms with Crippen molar-refractivity contribution in [1.82, 2.24) is 9.97 Å². The van der Waals surface area contributed by atoms with E-state index in [1.807, 2.05) is 6.07 Å². The zero-order valence-corrected chi connectivity index (χ0v) is 10.2. The maximum absolute atomic E-state index is 5.97. The number of piperidine rings is 1. The summed E-state index contributed by atoms with van der Waals surface area (Å²) in [6.45, 7) is 2.51. The van der Waals surface area contributed by atoms with E-state index in [4.69, 9.17) is 16.3 Å². The molecule has 1 aliphatic rings. The molecule has 2 rings (SSSR count). The van der Waals surface area contributed by atoms with E-state index in [9.17, 15) is 0 Å². The zero-order chi connectivity index (χ0) is 11.4.